The Balaban J connectivity index is 0.000000269. The Morgan fingerprint density at radius 3 is 0.602 bits per heavy atom. The van der Waals surface area contributed by atoms with Crippen LogP contribution in [0.15, 0.2) is 242 Å². The summed E-state index contributed by atoms with van der Waals surface area (Å²) in [6.07, 6.45) is 23.1. The molecule has 0 spiro atoms. The summed E-state index contributed by atoms with van der Waals surface area (Å²) in [6.45, 7) is 0. The Labute approximate surface area is 501 Å². The first kappa shape index (κ1) is 71.7. The van der Waals surface area contributed by atoms with Crippen molar-refractivity contribution in [2.45, 2.75) is 9.79 Å². The first-order valence-electron chi connectivity index (χ1n) is 24.0. The van der Waals surface area contributed by atoms with E-state index >= 15 is 0 Å². The lowest BCUT2D eigenvalue weighted by atomic mass is 10.1. The minimum absolute atomic E-state index is 0.746. The molecule has 0 radical (unpaired) electrons. The van der Waals surface area contributed by atoms with Gasteiger partial charge in [-0.05, 0) is 68.4 Å². The van der Waals surface area contributed by atoms with Gasteiger partial charge in [0.05, 0.1) is 32.0 Å². The summed E-state index contributed by atoms with van der Waals surface area (Å²) >= 11 is 0. The van der Waals surface area contributed by atoms with Crippen molar-refractivity contribution in [2.75, 3.05) is 0 Å². The molecular weight excluding hydrogens is 1240 g/mol. The largest absolute Gasteiger partial charge is 0.759 e. The molecule has 0 saturated carbocycles. The van der Waals surface area contributed by atoms with Crippen LogP contribution in [0.3, 0.4) is 0 Å². The minimum atomic E-state index is -5.17. The predicted molar refractivity (Wildman–Crippen MR) is 297 cm³/mol. The molecule has 0 aliphatic rings. The smallest absolute Gasteiger partial charge is 0.337 e. The fourth-order valence-corrected chi connectivity index (χ4v) is 8.27. The van der Waals surface area contributed by atoms with Crippen molar-refractivity contribution in [3.8, 4) is 33.4 Å². The second kappa shape index (κ2) is 35.1. The summed E-state index contributed by atoms with van der Waals surface area (Å²) in [7, 11) is -20.4. The molecule has 0 aliphatic heterocycles. The highest BCUT2D eigenvalue weighted by Gasteiger charge is 2.24. The van der Waals surface area contributed by atoms with Crippen LogP contribution in [-0.4, -0.2) is 105 Å². The first-order valence-corrected chi connectivity index (χ1v) is 29.5. The molecule has 4 aromatic carbocycles. The molecule has 28 nitrogen and oxygen atoms in total. The summed E-state index contributed by atoms with van der Waals surface area (Å²) < 4.78 is 132. The molecule has 458 valence electrons. The van der Waals surface area contributed by atoms with Gasteiger partial charge in [-0.2, -0.15) is 0 Å². The van der Waals surface area contributed by atoms with Gasteiger partial charge in [0.1, 0.15) is 20.2 Å². The van der Waals surface area contributed by atoms with E-state index in [1.165, 1.54) is 44.2 Å². The zero-order valence-electron chi connectivity index (χ0n) is 44.7. The van der Waals surface area contributed by atoms with E-state index in [0.29, 0.717) is 0 Å². The highest BCUT2D eigenvalue weighted by Crippen LogP contribution is 2.22. The number of aromatic carboxylic acids is 4. The highest BCUT2D eigenvalue weighted by molar-refractivity contribution is 7.86. The minimum Gasteiger partial charge on any atom is -0.759 e. The molecule has 0 amide bonds. The summed E-state index contributed by atoms with van der Waals surface area (Å²) in [6, 6.07) is 46.6. The molecule has 32 heteroatoms. The SMILES string of the molecule is O=C(O)c1cccc(S(=O)(=O)[O-])c1C(=O)O.O=C(O)c1cccc(S(=O)(=O)[O-])c1C(=O)O.O=S(=O)([O-])[O-].O=S(=O)([O-])[O-].c1cc(-c2cc[nH+]cc2)cc[nH+]1.c1cc(-c2cc[nH+]cc2)cc[nH+]1.c1cc(-c2cc[nH+]cc2)cc[nH+]1.c1ccc2ccccc2c1. The maximum absolute atomic E-state index is 10.7. The third-order valence-corrected chi connectivity index (χ3v) is 12.2. The third-order valence-electron chi connectivity index (χ3n) is 10.4. The number of nitrogens with one attached hydrogen (secondary N) is 6. The van der Waals surface area contributed by atoms with E-state index < -0.39 is 97.0 Å². The van der Waals surface area contributed by atoms with Gasteiger partial charge >= 0.3 is 23.9 Å². The number of aromatic amines is 6. The van der Waals surface area contributed by atoms with Gasteiger partial charge in [-0.15, -0.1) is 0 Å². The van der Waals surface area contributed by atoms with Gasteiger partial charge in [-0.25, -0.2) is 65.9 Å². The van der Waals surface area contributed by atoms with Gasteiger partial charge in [0.25, 0.3) is 0 Å². The number of hydrogen-bond acceptors (Lipinski definition) is 18. The average Bonchev–Trinajstić information content (AvgIpc) is 3.51. The number of rotatable bonds is 9. The zero-order chi connectivity index (χ0) is 65.5. The van der Waals surface area contributed by atoms with E-state index in [0.717, 1.165) is 36.4 Å². The van der Waals surface area contributed by atoms with E-state index in [2.05, 4.69) is 151 Å². The number of benzene rings is 4. The fraction of sp³-hybridized carbons (Fsp3) is 0. The van der Waals surface area contributed by atoms with Crippen LogP contribution in [0.25, 0.3) is 44.2 Å². The van der Waals surface area contributed by atoms with Crippen molar-refractivity contribution in [1.82, 2.24) is 0 Å². The molecule has 10 rings (SSSR count). The zero-order valence-corrected chi connectivity index (χ0v) is 48.0. The lowest BCUT2D eigenvalue weighted by Gasteiger charge is -2.11. The Kier molecular flexibility index (Phi) is 28.6. The summed E-state index contributed by atoms with van der Waals surface area (Å²) in [5, 5.41) is 37.3. The fourth-order valence-electron chi connectivity index (χ4n) is 6.89. The van der Waals surface area contributed by atoms with Crippen molar-refractivity contribution in [3.05, 3.63) is 254 Å². The normalized spacial score (nSPS) is 10.4. The van der Waals surface area contributed by atoms with Crippen LogP contribution in [-0.2, 0) is 41.0 Å². The topological polar surface area (TPSA) is 509 Å². The highest BCUT2D eigenvalue weighted by atomic mass is 32.3. The van der Waals surface area contributed by atoms with Crippen molar-refractivity contribution >= 4 is 75.7 Å². The molecular formula is C56H48N6O22S4. The van der Waals surface area contributed by atoms with Gasteiger partial charge in [0.2, 0.25) is 0 Å². The molecule has 0 bridgehead atoms. The molecule has 6 heterocycles. The molecule has 10 aromatic rings. The van der Waals surface area contributed by atoms with Gasteiger partial charge in [-0.3, -0.25) is 16.8 Å². The van der Waals surface area contributed by atoms with Crippen molar-refractivity contribution < 1.29 is 130 Å². The quantitative estimate of drug-likeness (QED) is 0.119. The van der Waals surface area contributed by atoms with Crippen molar-refractivity contribution in [1.29, 1.82) is 0 Å². The lowest BCUT2D eigenvalue weighted by molar-refractivity contribution is -0.378. The molecule has 0 fully saturated rings. The number of aromatic nitrogens is 6. The summed E-state index contributed by atoms with van der Waals surface area (Å²) in [5.41, 5.74) is 3.81. The van der Waals surface area contributed by atoms with Crippen molar-refractivity contribution in [2.24, 2.45) is 0 Å². The maximum atomic E-state index is 10.7. The Bertz CT molecular complexity index is 3840. The lowest BCUT2D eigenvalue weighted by Crippen LogP contribution is -2.14. The van der Waals surface area contributed by atoms with Gasteiger partial charge in [0.15, 0.2) is 74.4 Å². The standard InChI is InChI=1S/3C10H8N2.C10H8.2C8H6O7S.2H2O4S/c3*1-5-11-6-2-9(1)10-3-7-12-8-4-10;1-2-6-10-8-4-3-7-9(10)5-1;2*9-7(10)4-2-1-3-5(16(13,14)15)6(4)8(11)12;2*1-5(2,3)4/h3*1-8H;1-8H;2*1-3H,(H,9,10)(H,11,12)(H,13,14,15);2*(H2,1,2,3,4). The van der Waals surface area contributed by atoms with E-state index in [-0.39, 0.29) is 0 Å². The van der Waals surface area contributed by atoms with Gasteiger partial charge in [0, 0.05) is 93.6 Å². The van der Waals surface area contributed by atoms with Crippen LogP contribution in [0.1, 0.15) is 41.4 Å². The molecule has 0 unspecified atom stereocenters. The molecule has 88 heavy (non-hydrogen) atoms. The van der Waals surface area contributed by atoms with Crippen LogP contribution in [0.5, 0.6) is 0 Å². The summed E-state index contributed by atoms with van der Waals surface area (Å²) in [4.78, 5) is 58.6. The van der Waals surface area contributed by atoms with E-state index in [9.17, 15) is 45.1 Å². The second-order valence-electron chi connectivity index (χ2n) is 16.4. The first-order chi connectivity index (χ1) is 41.4. The van der Waals surface area contributed by atoms with Crippen LogP contribution in [0.4, 0.5) is 0 Å². The van der Waals surface area contributed by atoms with Gasteiger partial charge in [-0.1, -0.05) is 60.7 Å². The Morgan fingerprint density at radius 2 is 0.455 bits per heavy atom. The third kappa shape index (κ3) is 27.5. The summed E-state index contributed by atoms with van der Waals surface area (Å²) in [5.74, 6) is -6.81. The number of H-pyrrole nitrogens is 6. The van der Waals surface area contributed by atoms with E-state index in [1.54, 1.807) is 0 Å². The van der Waals surface area contributed by atoms with Crippen LogP contribution < -0.4 is 29.9 Å². The Hall–Kier alpha value is -10.5. The molecule has 0 atom stereocenters. The molecule has 6 aromatic heterocycles. The number of pyridine rings is 6. The van der Waals surface area contributed by atoms with Crippen LogP contribution in [0, 0.1) is 0 Å². The van der Waals surface area contributed by atoms with Gasteiger partial charge < -0.3 is 47.7 Å². The molecule has 0 aliphatic carbocycles. The number of hydrogen-bond donors (Lipinski definition) is 4. The number of carboxylic acids is 4. The van der Waals surface area contributed by atoms with Crippen LogP contribution in [0.2, 0.25) is 0 Å². The van der Waals surface area contributed by atoms with E-state index in [4.69, 9.17) is 55.5 Å². The molecule has 10 N–H and O–H groups in total. The second-order valence-corrected chi connectivity index (χ2v) is 20.7. The maximum Gasteiger partial charge on any atom is 0.337 e. The number of fused-ring (bicyclic) bond motifs is 1. The van der Waals surface area contributed by atoms with Crippen molar-refractivity contribution in [3.63, 3.8) is 0 Å². The average molecular weight is 1290 g/mol. The number of carbonyl (C=O) groups is 4. The van der Waals surface area contributed by atoms with Crippen LogP contribution >= 0.6 is 0 Å². The monoisotopic (exact) mass is 1280 g/mol. The predicted octanol–water partition coefficient (Wildman–Crippen LogP) is 3.08. The van der Waals surface area contributed by atoms with E-state index in [1.807, 2.05) is 74.4 Å². The number of carboxylic acid groups (broad SMARTS) is 4. The Morgan fingerprint density at radius 1 is 0.273 bits per heavy atom. The molecule has 0 saturated heterocycles.